The molecule has 1 aromatic carbocycles. The number of hydrogen-bond acceptors (Lipinski definition) is 3. The van der Waals surface area contributed by atoms with Crippen molar-refractivity contribution in [2.24, 2.45) is 5.73 Å². The zero-order valence-corrected chi connectivity index (χ0v) is 11.9. The minimum absolute atomic E-state index is 0.105. The lowest BCUT2D eigenvalue weighted by Crippen LogP contribution is -2.15. The lowest BCUT2D eigenvalue weighted by atomic mass is 10.1. The summed E-state index contributed by atoms with van der Waals surface area (Å²) in [6.45, 7) is 1.95. The van der Waals surface area contributed by atoms with Crippen molar-refractivity contribution < 1.29 is 4.79 Å². The summed E-state index contributed by atoms with van der Waals surface area (Å²) < 4.78 is 0. The van der Waals surface area contributed by atoms with Gasteiger partial charge in [0.05, 0.1) is 6.42 Å². The van der Waals surface area contributed by atoms with Gasteiger partial charge in [0.1, 0.15) is 10.8 Å². The van der Waals surface area contributed by atoms with Crippen LogP contribution >= 0.6 is 12.2 Å². The van der Waals surface area contributed by atoms with Crippen LogP contribution in [0.4, 0.5) is 5.82 Å². The number of pyridine rings is 1. The molecule has 102 valence electrons. The third kappa shape index (κ3) is 3.86. The number of carbonyl (C=O) groups excluding carboxylic acids is 1. The highest BCUT2D eigenvalue weighted by atomic mass is 32.1. The van der Waals surface area contributed by atoms with E-state index in [-0.39, 0.29) is 12.3 Å². The van der Waals surface area contributed by atoms with E-state index in [0.717, 1.165) is 16.7 Å². The second-order valence-electron chi connectivity index (χ2n) is 4.50. The second kappa shape index (κ2) is 6.25. The van der Waals surface area contributed by atoms with E-state index in [2.05, 4.69) is 10.3 Å². The fourth-order valence-electron chi connectivity index (χ4n) is 1.76. The first-order valence-corrected chi connectivity index (χ1v) is 6.56. The largest absolute Gasteiger partial charge is 0.389 e. The van der Waals surface area contributed by atoms with Crippen molar-refractivity contribution >= 4 is 28.9 Å². The number of nitrogens with one attached hydrogen (secondary N) is 1. The predicted molar refractivity (Wildman–Crippen MR) is 83.6 cm³/mol. The van der Waals surface area contributed by atoms with Crippen molar-refractivity contribution in [2.45, 2.75) is 13.3 Å². The molecule has 3 N–H and O–H groups in total. The van der Waals surface area contributed by atoms with Crippen LogP contribution in [-0.4, -0.2) is 15.9 Å². The summed E-state index contributed by atoms with van der Waals surface area (Å²) in [7, 11) is 0. The maximum absolute atomic E-state index is 11.9. The quantitative estimate of drug-likeness (QED) is 0.845. The monoisotopic (exact) mass is 285 g/mol. The average Bonchev–Trinajstić information content (AvgIpc) is 2.39. The molecule has 0 saturated carbocycles. The lowest BCUT2D eigenvalue weighted by molar-refractivity contribution is -0.115. The smallest absolute Gasteiger partial charge is 0.229 e. The Kier molecular flexibility index (Phi) is 4.42. The number of rotatable bonds is 4. The summed E-state index contributed by atoms with van der Waals surface area (Å²) in [5.74, 6) is 0.459. The molecule has 0 saturated heterocycles. The van der Waals surface area contributed by atoms with E-state index in [1.165, 1.54) is 0 Å². The van der Waals surface area contributed by atoms with Crippen molar-refractivity contribution in [2.75, 3.05) is 5.32 Å². The summed E-state index contributed by atoms with van der Waals surface area (Å²) in [6.07, 6.45) is 1.95. The Morgan fingerprint density at radius 1 is 1.30 bits per heavy atom. The summed E-state index contributed by atoms with van der Waals surface area (Å²) in [5, 5.41) is 2.77. The molecule has 0 aliphatic heterocycles. The Morgan fingerprint density at radius 3 is 2.60 bits per heavy atom. The van der Waals surface area contributed by atoms with Crippen LogP contribution in [0.25, 0.3) is 0 Å². The number of anilines is 1. The summed E-state index contributed by atoms with van der Waals surface area (Å²) in [5.41, 5.74) is 8.27. The van der Waals surface area contributed by atoms with Gasteiger partial charge < -0.3 is 11.1 Å². The van der Waals surface area contributed by atoms with E-state index in [4.69, 9.17) is 18.0 Å². The molecule has 0 aliphatic carbocycles. The maximum atomic E-state index is 11.9. The summed E-state index contributed by atoms with van der Waals surface area (Å²) in [6, 6.07) is 11.0. The maximum Gasteiger partial charge on any atom is 0.229 e. The van der Waals surface area contributed by atoms with E-state index in [0.29, 0.717) is 10.8 Å². The number of benzene rings is 1. The van der Waals surface area contributed by atoms with Crippen LogP contribution in [0.2, 0.25) is 0 Å². The predicted octanol–water partition coefficient (Wildman–Crippen LogP) is 2.21. The van der Waals surface area contributed by atoms with E-state index < -0.39 is 0 Å². The molecule has 1 amide bonds. The molecule has 2 aromatic rings. The van der Waals surface area contributed by atoms with E-state index in [9.17, 15) is 4.79 Å². The van der Waals surface area contributed by atoms with Crippen LogP contribution in [0.3, 0.4) is 0 Å². The molecule has 1 heterocycles. The molecule has 0 fully saturated rings. The van der Waals surface area contributed by atoms with Crippen LogP contribution in [0.15, 0.2) is 42.6 Å². The van der Waals surface area contributed by atoms with Gasteiger partial charge in [-0.1, -0.05) is 36.5 Å². The van der Waals surface area contributed by atoms with E-state index in [1.54, 1.807) is 6.20 Å². The first-order valence-electron chi connectivity index (χ1n) is 6.16. The number of nitrogens with two attached hydrogens (primary N) is 1. The van der Waals surface area contributed by atoms with Gasteiger partial charge >= 0.3 is 0 Å². The molecule has 0 aliphatic rings. The third-order valence-electron chi connectivity index (χ3n) is 2.79. The Hall–Kier alpha value is -2.27. The normalized spacial score (nSPS) is 10.1. The molecule has 4 nitrogen and oxygen atoms in total. The molecular formula is C15H15N3OS. The first kappa shape index (κ1) is 14.1. The number of thiocarbonyl (C=S) groups is 1. The minimum atomic E-state index is -0.105. The molecule has 2 rings (SSSR count). The lowest BCUT2D eigenvalue weighted by Gasteiger charge is -2.06. The fraction of sp³-hybridized carbons (Fsp3) is 0.133. The Bertz CT molecular complexity index is 638. The van der Waals surface area contributed by atoms with Gasteiger partial charge in [0.2, 0.25) is 5.91 Å². The Balaban J connectivity index is 1.99. The van der Waals surface area contributed by atoms with Crippen molar-refractivity contribution in [1.29, 1.82) is 0 Å². The van der Waals surface area contributed by atoms with Gasteiger partial charge in [-0.2, -0.15) is 0 Å². The van der Waals surface area contributed by atoms with E-state index in [1.807, 2.05) is 43.3 Å². The minimum Gasteiger partial charge on any atom is -0.389 e. The standard InChI is InChI=1S/C15H15N3OS/c1-10-6-7-17-13(8-10)18-14(19)9-11-2-4-12(5-3-11)15(16)20/h2-8H,9H2,1H3,(H2,16,20)(H,17,18,19). The van der Waals surface area contributed by atoms with E-state index >= 15 is 0 Å². The van der Waals surface area contributed by atoms with Gasteiger partial charge in [-0.25, -0.2) is 4.98 Å². The van der Waals surface area contributed by atoms with Gasteiger partial charge in [-0.3, -0.25) is 4.79 Å². The van der Waals surface area contributed by atoms with Crippen LogP contribution in [0.5, 0.6) is 0 Å². The van der Waals surface area contributed by atoms with Crippen LogP contribution in [-0.2, 0) is 11.2 Å². The first-order chi connectivity index (χ1) is 9.54. The van der Waals surface area contributed by atoms with Crippen LogP contribution in [0, 0.1) is 6.92 Å². The highest BCUT2D eigenvalue weighted by Gasteiger charge is 2.05. The number of carbonyl (C=O) groups is 1. The van der Waals surface area contributed by atoms with Crippen LogP contribution < -0.4 is 11.1 Å². The van der Waals surface area contributed by atoms with Crippen molar-refractivity contribution in [3.8, 4) is 0 Å². The number of hydrogen-bond donors (Lipinski definition) is 2. The van der Waals surface area contributed by atoms with Gasteiger partial charge in [0, 0.05) is 11.8 Å². The number of nitrogens with zero attached hydrogens (tertiary/aromatic N) is 1. The molecule has 0 bridgehead atoms. The molecule has 0 atom stereocenters. The fourth-order valence-corrected chi connectivity index (χ4v) is 1.90. The highest BCUT2D eigenvalue weighted by Crippen LogP contribution is 2.08. The van der Waals surface area contributed by atoms with Crippen molar-refractivity contribution in [1.82, 2.24) is 4.98 Å². The van der Waals surface area contributed by atoms with Crippen molar-refractivity contribution in [3.05, 3.63) is 59.3 Å². The van der Waals surface area contributed by atoms with Gasteiger partial charge in [0.25, 0.3) is 0 Å². The Morgan fingerprint density at radius 2 is 2.00 bits per heavy atom. The molecule has 20 heavy (non-hydrogen) atoms. The zero-order chi connectivity index (χ0) is 14.5. The number of aryl methyl sites for hydroxylation is 1. The topological polar surface area (TPSA) is 68.0 Å². The molecular weight excluding hydrogens is 270 g/mol. The SMILES string of the molecule is Cc1ccnc(NC(=O)Cc2ccc(C(N)=S)cc2)c1. The zero-order valence-electron chi connectivity index (χ0n) is 11.1. The molecule has 5 heteroatoms. The molecule has 0 unspecified atom stereocenters. The van der Waals surface area contributed by atoms with Crippen molar-refractivity contribution in [3.63, 3.8) is 0 Å². The molecule has 0 spiro atoms. The highest BCUT2D eigenvalue weighted by molar-refractivity contribution is 7.80. The summed E-state index contributed by atoms with van der Waals surface area (Å²) in [4.78, 5) is 16.4. The average molecular weight is 285 g/mol. The Labute approximate surface area is 123 Å². The summed E-state index contributed by atoms with van der Waals surface area (Å²) >= 11 is 4.88. The number of amides is 1. The second-order valence-corrected chi connectivity index (χ2v) is 4.94. The van der Waals surface area contributed by atoms with Gasteiger partial charge in [-0.15, -0.1) is 0 Å². The molecule has 1 aromatic heterocycles. The third-order valence-corrected chi connectivity index (χ3v) is 3.02. The van der Waals surface area contributed by atoms with Gasteiger partial charge in [-0.05, 0) is 30.2 Å². The number of aromatic nitrogens is 1. The van der Waals surface area contributed by atoms with Gasteiger partial charge in [0.15, 0.2) is 0 Å². The molecule has 0 radical (unpaired) electrons. The van der Waals surface area contributed by atoms with Crippen LogP contribution in [0.1, 0.15) is 16.7 Å².